The van der Waals surface area contributed by atoms with Crippen molar-refractivity contribution in [3.63, 3.8) is 0 Å². The van der Waals surface area contributed by atoms with Gasteiger partial charge in [-0.05, 0) is 30.3 Å². The zero-order valence-corrected chi connectivity index (χ0v) is 17.6. The minimum atomic E-state index is -0.215. The van der Waals surface area contributed by atoms with Crippen LogP contribution in [0.3, 0.4) is 0 Å². The van der Waals surface area contributed by atoms with Gasteiger partial charge in [-0.3, -0.25) is 14.5 Å². The van der Waals surface area contributed by atoms with E-state index in [1.54, 1.807) is 17.1 Å². The first kappa shape index (κ1) is 18.4. The van der Waals surface area contributed by atoms with Gasteiger partial charge in [-0.25, -0.2) is 4.98 Å². The Balaban J connectivity index is 1.62. The van der Waals surface area contributed by atoms with Gasteiger partial charge in [-0.15, -0.1) is 0 Å². The number of carbonyl (C=O) groups is 1. The maximum atomic E-state index is 13.3. The van der Waals surface area contributed by atoms with Gasteiger partial charge in [0.2, 0.25) is 0 Å². The molecule has 0 aliphatic carbocycles. The SMILES string of the molecule is Cn1cc(-c2cc(C(=O)Nc3ccc(Br)c4cccnc34)c3ccccc3n2)cn1. The molecule has 1 amide bonds. The number of nitrogens with one attached hydrogen (secondary N) is 1. The zero-order valence-electron chi connectivity index (χ0n) is 16.0. The number of para-hydroxylation sites is 1. The summed E-state index contributed by atoms with van der Waals surface area (Å²) in [6.45, 7) is 0. The summed E-state index contributed by atoms with van der Waals surface area (Å²) in [4.78, 5) is 22.5. The van der Waals surface area contributed by atoms with E-state index in [9.17, 15) is 4.79 Å². The van der Waals surface area contributed by atoms with Crippen LogP contribution < -0.4 is 5.32 Å². The third-order valence-electron chi connectivity index (χ3n) is 4.93. The summed E-state index contributed by atoms with van der Waals surface area (Å²) in [5, 5.41) is 8.98. The molecular weight excluding hydrogens is 442 g/mol. The van der Waals surface area contributed by atoms with Crippen molar-refractivity contribution >= 4 is 49.3 Å². The number of aromatic nitrogens is 4. The number of amides is 1. The highest BCUT2D eigenvalue weighted by Crippen LogP contribution is 2.30. The van der Waals surface area contributed by atoms with Crippen LogP contribution in [-0.4, -0.2) is 25.7 Å². The molecule has 1 N–H and O–H groups in total. The van der Waals surface area contributed by atoms with Crippen LogP contribution in [0.15, 0.2) is 77.7 Å². The van der Waals surface area contributed by atoms with Crippen molar-refractivity contribution in [2.24, 2.45) is 7.05 Å². The van der Waals surface area contributed by atoms with Crippen molar-refractivity contribution in [1.29, 1.82) is 0 Å². The number of hydrogen-bond donors (Lipinski definition) is 1. The Labute approximate surface area is 180 Å². The lowest BCUT2D eigenvalue weighted by Crippen LogP contribution is -2.13. The number of fused-ring (bicyclic) bond motifs is 2. The van der Waals surface area contributed by atoms with Gasteiger partial charge in [0.1, 0.15) is 0 Å². The second kappa shape index (κ2) is 7.35. The van der Waals surface area contributed by atoms with E-state index in [4.69, 9.17) is 4.98 Å². The molecule has 30 heavy (non-hydrogen) atoms. The molecule has 0 bridgehead atoms. The average Bonchev–Trinajstić information content (AvgIpc) is 3.21. The molecule has 0 atom stereocenters. The fraction of sp³-hybridized carbons (Fsp3) is 0.0435. The summed E-state index contributed by atoms with van der Waals surface area (Å²) in [7, 11) is 1.85. The smallest absolute Gasteiger partial charge is 0.256 e. The fourth-order valence-electron chi connectivity index (χ4n) is 3.49. The van der Waals surface area contributed by atoms with E-state index in [0.717, 1.165) is 31.8 Å². The maximum Gasteiger partial charge on any atom is 0.256 e. The van der Waals surface area contributed by atoms with E-state index in [2.05, 4.69) is 31.3 Å². The van der Waals surface area contributed by atoms with Crippen LogP contribution in [0, 0.1) is 0 Å². The molecule has 6 nitrogen and oxygen atoms in total. The minimum Gasteiger partial charge on any atom is -0.320 e. The van der Waals surface area contributed by atoms with Crippen molar-refractivity contribution in [3.05, 3.63) is 83.2 Å². The molecule has 0 fully saturated rings. The molecule has 0 spiro atoms. The minimum absolute atomic E-state index is 0.215. The Bertz CT molecular complexity index is 1430. The molecule has 146 valence electrons. The molecular formula is C23H16BrN5O. The number of benzene rings is 2. The quantitative estimate of drug-likeness (QED) is 0.404. The van der Waals surface area contributed by atoms with E-state index in [1.165, 1.54) is 0 Å². The molecule has 5 rings (SSSR count). The van der Waals surface area contributed by atoms with Gasteiger partial charge in [0.25, 0.3) is 5.91 Å². The van der Waals surface area contributed by atoms with Crippen LogP contribution in [0.25, 0.3) is 33.1 Å². The van der Waals surface area contributed by atoms with Crippen molar-refractivity contribution in [2.45, 2.75) is 0 Å². The maximum absolute atomic E-state index is 13.3. The van der Waals surface area contributed by atoms with Crippen molar-refractivity contribution in [1.82, 2.24) is 19.7 Å². The van der Waals surface area contributed by atoms with E-state index >= 15 is 0 Å². The van der Waals surface area contributed by atoms with Crippen molar-refractivity contribution in [3.8, 4) is 11.3 Å². The zero-order chi connectivity index (χ0) is 20.7. The highest BCUT2D eigenvalue weighted by Gasteiger charge is 2.16. The van der Waals surface area contributed by atoms with Crippen LogP contribution >= 0.6 is 15.9 Å². The third-order valence-corrected chi connectivity index (χ3v) is 5.62. The van der Waals surface area contributed by atoms with Gasteiger partial charge in [0, 0.05) is 40.2 Å². The number of nitrogens with zero attached hydrogens (tertiary/aromatic N) is 4. The Morgan fingerprint density at radius 1 is 1.07 bits per heavy atom. The van der Waals surface area contributed by atoms with Crippen molar-refractivity contribution < 1.29 is 4.79 Å². The lowest BCUT2D eigenvalue weighted by molar-refractivity contribution is 0.102. The predicted molar refractivity (Wildman–Crippen MR) is 121 cm³/mol. The fourth-order valence-corrected chi connectivity index (χ4v) is 3.95. The molecule has 7 heteroatoms. The highest BCUT2D eigenvalue weighted by atomic mass is 79.9. The Morgan fingerprint density at radius 3 is 2.73 bits per heavy atom. The molecule has 0 unspecified atom stereocenters. The normalized spacial score (nSPS) is 11.1. The van der Waals surface area contributed by atoms with Crippen LogP contribution in [0.5, 0.6) is 0 Å². The summed E-state index contributed by atoms with van der Waals surface area (Å²) < 4.78 is 2.64. The Hall–Kier alpha value is -3.58. The Kier molecular flexibility index (Phi) is 4.52. The lowest BCUT2D eigenvalue weighted by atomic mass is 10.0. The van der Waals surface area contributed by atoms with Crippen LogP contribution in [0.1, 0.15) is 10.4 Å². The summed E-state index contributed by atoms with van der Waals surface area (Å²) in [5.41, 5.74) is 4.24. The predicted octanol–water partition coefficient (Wildman–Crippen LogP) is 5.20. The third kappa shape index (κ3) is 3.23. The molecule has 0 aliphatic heterocycles. The van der Waals surface area contributed by atoms with Gasteiger partial charge in [0.05, 0.1) is 34.2 Å². The molecule has 0 radical (unpaired) electrons. The first-order valence-electron chi connectivity index (χ1n) is 9.33. The Morgan fingerprint density at radius 2 is 1.90 bits per heavy atom. The second-order valence-corrected chi connectivity index (χ2v) is 7.78. The molecule has 5 aromatic rings. The largest absolute Gasteiger partial charge is 0.320 e. The standard InChI is InChI=1S/C23H16BrN5O/c1-29-13-14(12-26-29)21-11-17(15-5-2-3-7-19(15)27-21)23(30)28-20-9-8-18(24)16-6-4-10-25-22(16)20/h2-13H,1H3,(H,28,30). The van der Waals surface area contributed by atoms with Gasteiger partial charge >= 0.3 is 0 Å². The van der Waals surface area contributed by atoms with Crippen molar-refractivity contribution in [2.75, 3.05) is 5.32 Å². The van der Waals surface area contributed by atoms with Gasteiger partial charge in [-0.1, -0.05) is 40.2 Å². The van der Waals surface area contributed by atoms with E-state index < -0.39 is 0 Å². The molecule has 0 saturated heterocycles. The number of pyridine rings is 2. The molecule has 0 aliphatic rings. The summed E-state index contributed by atoms with van der Waals surface area (Å²) in [6.07, 6.45) is 5.34. The second-order valence-electron chi connectivity index (χ2n) is 6.92. The van der Waals surface area contributed by atoms with Crippen LogP contribution in [0.2, 0.25) is 0 Å². The van der Waals surface area contributed by atoms with Crippen LogP contribution in [-0.2, 0) is 7.05 Å². The molecule has 3 aromatic heterocycles. The van der Waals surface area contributed by atoms with E-state index in [-0.39, 0.29) is 5.91 Å². The first-order chi connectivity index (χ1) is 14.6. The summed E-state index contributed by atoms with van der Waals surface area (Å²) in [6, 6.07) is 17.0. The van der Waals surface area contributed by atoms with E-state index in [1.807, 2.05) is 67.8 Å². The number of hydrogen-bond acceptors (Lipinski definition) is 4. The molecule has 3 heterocycles. The molecule has 0 saturated carbocycles. The van der Waals surface area contributed by atoms with Gasteiger partial charge in [0.15, 0.2) is 0 Å². The highest BCUT2D eigenvalue weighted by molar-refractivity contribution is 9.10. The topological polar surface area (TPSA) is 72.7 Å². The lowest BCUT2D eigenvalue weighted by Gasteiger charge is -2.12. The monoisotopic (exact) mass is 457 g/mol. The molecule has 2 aromatic carbocycles. The average molecular weight is 458 g/mol. The van der Waals surface area contributed by atoms with Crippen LogP contribution in [0.4, 0.5) is 5.69 Å². The first-order valence-corrected chi connectivity index (χ1v) is 10.1. The summed E-state index contributed by atoms with van der Waals surface area (Å²) >= 11 is 3.54. The van der Waals surface area contributed by atoms with Gasteiger partial charge < -0.3 is 5.32 Å². The number of carbonyl (C=O) groups excluding carboxylic acids is 1. The number of rotatable bonds is 3. The number of aryl methyl sites for hydroxylation is 1. The number of anilines is 1. The number of halogens is 1. The van der Waals surface area contributed by atoms with E-state index in [0.29, 0.717) is 16.9 Å². The summed E-state index contributed by atoms with van der Waals surface area (Å²) in [5.74, 6) is -0.215. The van der Waals surface area contributed by atoms with Gasteiger partial charge in [-0.2, -0.15) is 5.10 Å².